The molecule has 0 radical (unpaired) electrons. The van der Waals surface area contributed by atoms with Crippen LogP contribution in [-0.4, -0.2) is 32.2 Å². The number of carbonyl (C=O) groups excluding carboxylic acids is 2. The zero-order valence-electron chi connectivity index (χ0n) is 11.4. The lowest BCUT2D eigenvalue weighted by Gasteiger charge is -2.10. The molecule has 3 N–H and O–H groups in total. The smallest absolute Gasteiger partial charge is 0.411 e. The van der Waals surface area contributed by atoms with E-state index in [-0.39, 0.29) is 5.91 Å². The van der Waals surface area contributed by atoms with Crippen LogP contribution in [0.1, 0.15) is 12.8 Å². The summed E-state index contributed by atoms with van der Waals surface area (Å²) in [5.74, 6) is 0.447. The lowest BCUT2D eigenvalue weighted by molar-refractivity contribution is -0.116. The summed E-state index contributed by atoms with van der Waals surface area (Å²) in [5.41, 5.74) is 1.34. The van der Waals surface area contributed by atoms with Gasteiger partial charge in [0.15, 0.2) is 0 Å². The molecule has 1 aromatic rings. The van der Waals surface area contributed by atoms with Crippen LogP contribution in [-0.2, 0) is 9.53 Å². The van der Waals surface area contributed by atoms with Crippen molar-refractivity contribution >= 4 is 23.4 Å². The van der Waals surface area contributed by atoms with Crippen LogP contribution in [0.2, 0.25) is 0 Å². The molecule has 0 saturated carbocycles. The van der Waals surface area contributed by atoms with Gasteiger partial charge in [-0.3, -0.25) is 10.1 Å². The zero-order valence-corrected chi connectivity index (χ0v) is 11.4. The van der Waals surface area contributed by atoms with E-state index >= 15 is 0 Å². The maximum Gasteiger partial charge on any atom is 0.411 e. The number of amides is 2. The van der Waals surface area contributed by atoms with E-state index in [0.717, 1.165) is 25.2 Å². The summed E-state index contributed by atoms with van der Waals surface area (Å²) >= 11 is 0. The molecular weight excluding hydrogens is 258 g/mol. The lowest BCUT2D eigenvalue weighted by atomic mass is 10.0. The Morgan fingerprint density at radius 3 is 2.45 bits per heavy atom. The average Bonchev–Trinajstić information content (AvgIpc) is 2.93. The van der Waals surface area contributed by atoms with E-state index in [2.05, 4.69) is 20.7 Å². The van der Waals surface area contributed by atoms with Gasteiger partial charge >= 0.3 is 6.09 Å². The SMILES string of the molecule is COC(=O)Nc1ccc(NC(=O)CC2CCNC2)cc1. The molecule has 0 aliphatic carbocycles. The van der Waals surface area contributed by atoms with Crippen molar-refractivity contribution in [2.75, 3.05) is 30.8 Å². The van der Waals surface area contributed by atoms with Gasteiger partial charge in [-0.1, -0.05) is 0 Å². The molecular formula is C14H19N3O3. The predicted molar refractivity (Wildman–Crippen MR) is 76.7 cm³/mol. The van der Waals surface area contributed by atoms with Crippen molar-refractivity contribution < 1.29 is 14.3 Å². The van der Waals surface area contributed by atoms with Crippen molar-refractivity contribution in [3.63, 3.8) is 0 Å². The minimum Gasteiger partial charge on any atom is -0.453 e. The van der Waals surface area contributed by atoms with Gasteiger partial charge in [0, 0.05) is 17.8 Å². The van der Waals surface area contributed by atoms with Crippen LogP contribution in [0.25, 0.3) is 0 Å². The molecule has 1 aliphatic rings. The normalized spacial score (nSPS) is 17.6. The Kier molecular flexibility index (Phi) is 4.95. The van der Waals surface area contributed by atoms with Gasteiger partial charge in [-0.05, 0) is 49.7 Å². The quantitative estimate of drug-likeness (QED) is 0.784. The number of hydrogen-bond acceptors (Lipinski definition) is 4. The summed E-state index contributed by atoms with van der Waals surface area (Å²) in [4.78, 5) is 22.9. The first-order chi connectivity index (χ1) is 9.67. The van der Waals surface area contributed by atoms with E-state index in [1.54, 1.807) is 24.3 Å². The number of nitrogens with one attached hydrogen (secondary N) is 3. The Labute approximate surface area is 117 Å². The first kappa shape index (κ1) is 14.3. The first-order valence-corrected chi connectivity index (χ1v) is 6.63. The molecule has 20 heavy (non-hydrogen) atoms. The van der Waals surface area contributed by atoms with Crippen LogP contribution < -0.4 is 16.0 Å². The molecule has 0 spiro atoms. The second kappa shape index (κ2) is 6.91. The maximum absolute atomic E-state index is 11.8. The van der Waals surface area contributed by atoms with Crippen LogP contribution >= 0.6 is 0 Å². The molecule has 2 amide bonds. The van der Waals surface area contributed by atoms with Crippen LogP contribution in [0.15, 0.2) is 24.3 Å². The van der Waals surface area contributed by atoms with Gasteiger partial charge in [-0.15, -0.1) is 0 Å². The Morgan fingerprint density at radius 1 is 1.25 bits per heavy atom. The van der Waals surface area contributed by atoms with Gasteiger partial charge < -0.3 is 15.4 Å². The molecule has 1 unspecified atom stereocenters. The number of anilines is 2. The number of benzene rings is 1. The van der Waals surface area contributed by atoms with E-state index in [0.29, 0.717) is 18.0 Å². The van der Waals surface area contributed by atoms with E-state index in [9.17, 15) is 9.59 Å². The third-order valence-electron chi connectivity index (χ3n) is 3.24. The fourth-order valence-electron chi connectivity index (χ4n) is 2.17. The fourth-order valence-corrected chi connectivity index (χ4v) is 2.17. The lowest BCUT2D eigenvalue weighted by Crippen LogP contribution is -2.18. The van der Waals surface area contributed by atoms with E-state index in [1.807, 2.05) is 0 Å². The topological polar surface area (TPSA) is 79.5 Å². The van der Waals surface area contributed by atoms with Gasteiger partial charge in [0.1, 0.15) is 0 Å². The highest BCUT2D eigenvalue weighted by molar-refractivity contribution is 5.91. The summed E-state index contributed by atoms with van der Waals surface area (Å²) < 4.78 is 4.50. The van der Waals surface area contributed by atoms with Crippen molar-refractivity contribution in [1.29, 1.82) is 0 Å². The van der Waals surface area contributed by atoms with Gasteiger partial charge in [0.05, 0.1) is 7.11 Å². The second-order valence-corrected chi connectivity index (χ2v) is 4.81. The third-order valence-corrected chi connectivity index (χ3v) is 3.24. The van der Waals surface area contributed by atoms with Gasteiger partial charge in [0.25, 0.3) is 0 Å². The molecule has 0 aromatic heterocycles. The standard InChI is InChI=1S/C14H19N3O3/c1-20-14(19)17-12-4-2-11(3-5-12)16-13(18)8-10-6-7-15-9-10/h2-5,10,15H,6-9H2,1H3,(H,16,18)(H,17,19). The largest absolute Gasteiger partial charge is 0.453 e. The monoisotopic (exact) mass is 277 g/mol. The highest BCUT2D eigenvalue weighted by Crippen LogP contribution is 2.16. The van der Waals surface area contributed by atoms with E-state index in [4.69, 9.17) is 0 Å². The van der Waals surface area contributed by atoms with Crippen LogP contribution in [0.3, 0.4) is 0 Å². The van der Waals surface area contributed by atoms with Crippen LogP contribution in [0.5, 0.6) is 0 Å². The number of rotatable bonds is 4. The van der Waals surface area contributed by atoms with Crippen molar-refractivity contribution in [2.24, 2.45) is 5.92 Å². The predicted octanol–water partition coefficient (Wildman–Crippen LogP) is 1.80. The van der Waals surface area contributed by atoms with E-state index in [1.165, 1.54) is 7.11 Å². The molecule has 0 bridgehead atoms. The second-order valence-electron chi connectivity index (χ2n) is 4.81. The molecule has 1 saturated heterocycles. The molecule has 6 heteroatoms. The van der Waals surface area contributed by atoms with Crippen molar-refractivity contribution in [3.8, 4) is 0 Å². The van der Waals surface area contributed by atoms with Crippen LogP contribution in [0.4, 0.5) is 16.2 Å². The maximum atomic E-state index is 11.8. The summed E-state index contributed by atoms with van der Waals surface area (Å²) in [6, 6.07) is 6.92. The number of hydrogen-bond donors (Lipinski definition) is 3. The first-order valence-electron chi connectivity index (χ1n) is 6.63. The molecule has 1 fully saturated rings. The number of methoxy groups -OCH3 is 1. The Bertz CT molecular complexity index is 467. The summed E-state index contributed by atoms with van der Waals surface area (Å²) in [6.07, 6.45) is 1.07. The fraction of sp³-hybridized carbons (Fsp3) is 0.429. The minimum absolute atomic E-state index is 0.0207. The Balaban J connectivity index is 1.83. The Hall–Kier alpha value is -2.08. The van der Waals surface area contributed by atoms with Crippen molar-refractivity contribution in [3.05, 3.63) is 24.3 Å². The van der Waals surface area contributed by atoms with Gasteiger partial charge in [-0.2, -0.15) is 0 Å². The summed E-state index contributed by atoms with van der Waals surface area (Å²) in [7, 11) is 1.31. The Morgan fingerprint density at radius 2 is 1.90 bits per heavy atom. The van der Waals surface area contributed by atoms with E-state index < -0.39 is 6.09 Å². The minimum atomic E-state index is -0.518. The van der Waals surface area contributed by atoms with Crippen molar-refractivity contribution in [1.82, 2.24) is 5.32 Å². The average molecular weight is 277 g/mol. The molecule has 1 heterocycles. The molecule has 1 atom stereocenters. The number of ether oxygens (including phenoxy) is 1. The highest BCUT2D eigenvalue weighted by atomic mass is 16.5. The highest BCUT2D eigenvalue weighted by Gasteiger charge is 2.17. The molecule has 108 valence electrons. The summed E-state index contributed by atoms with van der Waals surface area (Å²) in [6.45, 7) is 1.90. The van der Waals surface area contributed by atoms with Gasteiger partial charge in [0.2, 0.25) is 5.91 Å². The summed E-state index contributed by atoms with van der Waals surface area (Å²) in [5, 5.41) is 8.64. The van der Waals surface area contributed by atoms with Crippen LogP contribution in [0, 0.1) is 5.92 Å². The molecule has 2 rings (SSSR count). The van der Waals surface area contributed by atoms with Gasteiger partial charge in [-0.25, -0.2) is 4.79 Å². The number of carbonyl (C=O) groups is 2. The molecule has 1 aromatic carbocycles. The zero-order chi connectivity index (χ0) is 14.4. The van der Waals surface area contributed by atoms with Crippen molar-refractivity contribution in [2.45, 2.75) is 12.8 Å². The third kappa shape index (κ3) is 4.24. The molecule has 1 aliphatic heterocycles. The molecule has 6 nitrogen and oxygen atoms in total.